The molecular formula is C16H19N3O5S. The monoisotopic (exact) mass is 365 g/mol. The summed E-state index contributed by atoms with van der Waals surface area (Å²) in [4.78, 5) is 27.3. The molecule has 0 spiro atoms. The number of carbonyl (C=O) groups excluding carboxylic acids is 2. The van der Waals surface area contributed by atoms with Crippen molar-refractivity contribution in [3.05, 3.63) is 24.5 Å². The van der Waals surface area contributed by atoms with Gasteiger partial charge in [0, 0.05) is 25.5 Å². The van der Waals surface area contributed by atoms with E-state index in [4.69, 9.17) is 11.2 Å². The fraction of sp³-hybridized carbons (Fsp3) is 0.438. The third-order valence-electron chi connectivity index (χ3n) is 3.79. The van der Waals surface area contributed by atoms with E-state index in [1.54, 1.807) is 6.07 Å². The summed E-state index contributed by atoms with van der Waals surface area (Å²) in [6.45, 7) is 0.0935. The molecule has 2 heterocycles. The van der Waals surface area contributed by atoms with Gasteiger partial charge >= 0.3 is 5.97 Å². The summed E-state index contributed by atoms with van der Waals surface area (Å²) in [5, 5.41) is 2.39. The molecule has 1 aliphatic heterocycles. The van der Waals surface area contributed by atoms with E-state index >= 15 is 0 Å². The van der Waals surface area contributed by atoms with Crippen LogP contribution in [0.4, 0.5) is 0 Å². The van der Waals surface area contributed by atoms with Gasteiger partial charge in [0.25, 0.3) is 5.91 Å². The number of aromatic nitrogens is 1. The van der Waals surface area contributed by atoms with Gasteiger partial charge in [0.1, 0.15) is 4.90 Å². The van der Waals surface area contributed by atoms with Crippen LogP contribution in [0.3, 0.4) is 0 Å². The van der Waals surface area contributed by atoms with Crippen LogP contribution in [0.2, 0.25) is 0 Å². The second kappa shape index (κ2) is 8.60. The van der Waals surface area contributed by atoms with Crippen LogP contribution in [0.5, 0.6) is 0 Å². The van der Waals surface area contributed by atoms with Gasteiger partial charge in [0.2, 0.25) is 10.0 Å². The molecule has 8 nitrogen and oxygen atoms in total. The van der Waals surface area contributed by atoms with E-state index in [9.17, 15) is 18.0 Å². The number of nitrogens with zero attached hydrogens (tertiary/aromatic N) is 2. The average molecular weight is 365 g/mol. The fourth-order valence-corrected chi connectivity index (χ4v) is 3.87. The van der Waals surface area contributed by atoms with E-state index in [0.29, 0.717) is 12.8 Å². The predicted molar refractivity (Wildman–Crippen MR) is 88.5 cm³/mol. The zero-order chi connectivity index (χ0) is 18.3. The first-order chi connectivity index (χ1) is 11.9. The molecule has 134 valence electrons. The number of sulfonamides is 1. The highest BCUT2D eigenvalue weighted by Crippen LogP contribution is 2.24. The summed E-state index contributed by atoms with van der Waals surface area (Å²) < 4.78 is 31.2. The summed E-state index contributed by atoms with van der Waals surface area (Å²) in [5.41, 5.74) is 0. The summed E-state index contributed by atoms with van der Waals surface area (Å²) in [6, 6.07) is 3.04. The molecule has 1 N–H and O–H groups in total. The normalized spacial score (nSPS) is 16.0. The Morgan fingerprint density at radius 1 is 1.40 bits per heavy atom. The van der Waals surface area contributed by atoms with Crippen molar-refractivity contribution in [2.45, 2.75) is 17.7 Å². The zero-order valence-electron chi connectivity index (χ0n) is 13.6. The number of nitrogens with one attached hydrogen (secondary N) is 1. The number of pyridine rings is 1. The van der Waals surface area contributed by atoms with Gasteiger partial charge in [-0.3, -0.25) is 14.6 Å². The maximum absolute atomic E-state index is 12.5. The van der Waals surface area contributed by atoms with Gasteiger partial charge in [0.15, 0.2) is 6.61 Å². The molecule has 0 radical (unpaired) electrons. The van der Waals surface area contributed by atoms with E-state index in [0.717, 1.165) is 0 Å². The number of hydrogen-bond donors (Lipinski definition) is 1. The summed E-state index contributed by atoms with van der Waals surface area (Å²) in [6.07, 6.45) is 8.48. The Balaban J connectivity index is 1.84. The zero-order valence-corrected chi connectivity index (χ0v) is 14.4. The molecule has 25 heavy (non-hydrogen) atoms. The molecule has 0 saturated carbocycles. The quantitative estimate of drug-likeness (QED) is 0.552. The van der Waals surface area contributed by atoms with Gasteiger partial charge in [0.05, 0.1) is 12.5 Å². The van der Waals surface area contributed by atoms with Crippen molar-refractivity contribution < 1.29 is 22.7 Å². The third-order valence-corrected chi connectivity index (χ3v) is 5.67. The standard InChI is InChI=1S/C16H19N3O5S/c1-2-7-18-15(20)12-24-16(21)13-5-9-19(10-6-13)25(22,23)14-4-3-8-17-11-14/h1,3-4,8,11,13H,5-7,9-10,12H2,(H,18,20). The lowest BCUT2D eigenvalue weighted by Gasteiger charge is -2.29. The Hall–Kier alpha value is -2.44. The first-order valence-electron chi connectivity index (χ1n) is 7.72. The highest BCUT2D eigenvalue weighted by atomic mass is 32.2. The van der Waals surface area contributed by atoms with Crippen molar-refractivity contribution in [2.24, 2.45) is 5.92 Å². The molecule has 0 bridgehead atoms. The molecule has 1 aromatic rings. The van der Waals surface area contributed by atoms with E-state index in [1.807, 2.05) is 0 Å². The van der Waals surface area contributed by atoms with Gasteiger partial charge in [-0.15, -0.1) is 6.42 Å². The molecule has 0 unspecified atom stereocenters. The first kappa shape index (κ1) is 18.9. The lowest BCUT2D eigenvalue weighted by molar-refractivity contribution is -0.153. The topological polar surface area (TPSA) is 106 Å². The first-order valence-corrected chi connectivity index (χ1v) is 9.16. The Bertz CT molecular complexity index is 750. The summed E-state index contributed by atoms with van der Waals surface area (Å²) in [7, 11) is -3.61. The van der Waals surface area contributed by atoms with E-state index in [1.165, 1.54) is 22.8 Å². The molecule has 9 heteroatoms. The Morgan fingerprint density at radius 2 is 2.12 bits per heavy atom. The molecule has 1 fully saturated rings. The van der Waals surface area contributed by atoms with Crippen LogP contribution in [-0.4, -0.2) is 55.8 Å². The Morgan fingerprint density at radius 3 is 2.72 bits per heavy atom. The van der Waals surface area contributed by atoms with Crippen molar-refractivity contribution in [3.63, 3.8) is 0 Å². The number of carbonyl (C=O) groups is 2. The lowest BCUT2D eigenvalue weighted by atomic mass is 9.98. The van der Waals surface area contributed by atoms with Crippen LogP contribution in [0.1, 0.15) is 12.8 Å². The fourth-order valence-electron chi connectivity index (χ4n) is 2.44. The van der Waals surface area contributed by atoms with Gasteiger partial charge in [-0.2, -0.15) is 4.31 Å². The number of amides is 1. The van der Waals surface area contributed by atoms with E-state index < -0.39 is 34.4 Å². The molecule has 1 aliphatic rings. The van der Waals surface area contributed by atoms with Crippen molar-refractivity contribution in [1.29, 1.82) is 0 Å². The average Bonchev–Trinajstić information content (AvgIpc) is 2.65. The number of ether oxygens (including phenoxy) is 1. The van der Waals surface area contributed by atoms with Crippen LogP contribution < -0.4 is 5.32 Å². The van der Waals surface area contributed by atoms with Gasteiger partial charge < -0.3 is 10.1 Å². The molecule has 0 atom stereocenters. The molecule has 1 saturated heterocycles. The maximum atomic E-state index is 12.5. The SMILES string of the molecule is C#CCNC(=O)COC(=O)C1CCN(S(=O)(=O)c2cccnc2)CC1. The van der Waals surface area contributed by atoms with Crippen molar-refractivity contribution >= 4 is 21.9 Å². The summed E-state index contributed by atoms with van der Waals surface area (Å²) in [5.74, 6) is 0.838. The minimum Gasteiger partial charge on any atom is -0.455 e. The smallest absolute Gasteiger partial charge is 0.309 e. The summed E-state index contributed by atoms with van der Waals surface area (Å²) >= 11 is 0. The Labute approximate surface area is 146 Å². The van der Waals surface area contributed by atoms with Crippen molar-refractivity contribution in [1.82, 2.24) is 14.6 Å². The van der Waals surface area contributed by atoms with E-state index in [2.05, 4.69) is 16.2 Å². The molecule has 0 aromatic carbocycles. The second-order valence-corrected chi connectivity index (χ2v) is 7.39. The molecule has 0 aliphatic carbocycles. The number of rotatable bonds is 6. The van der Waals surface area contributed by atoms with Gasteiger partial charge in [-0.25, -0.2) is 8.42 Å². The number of terminal acetylenes is 1. The highest BCUT2D eigenvalue weighted by Gasteiger charge is 2.33. The van der Waals surface area contributed by atoms with E-state index in [-0.39, 0.29) is 24.5 Å². The largest absolute Gasteiger partial charge is 0.455 e. The molecule has 2 rings (SSSR count). The molecule has 1 amide bonds. The van der Waals surface area contributed by atoms with Gasteiger partial charge in [-0.1, -0.05) is 5.92 Å². The van der Waals surface area contributed by atoms with Crippen LogP contribution in [-0.2, 0) is 24.3 Å². The van der Waals surface area contributed by atoms with Gasteiger partial charge in [-0.05, 0) is 25.0 Å². The van der Waals surface area contributed by atoms with Crippen LogP contribution in [0.25, 0.3) is 0 Å². The number of esters is 1. The van der Waals surface area contributed by atoms with Crippen LogP contribution >= 0.6 is 0 Å². The lowest BCUT2D eigenvalue weighted by Crippen LogP contribution is -2.41. The third kappa shape index (κ3) is 5.01. The van der Waals surface area contributed by atoms with Crippen molar-refractivity contribution in [3.8, 4) is 12.3 Å². The molecule has 1 aromatic heterocycles. The minimum absolute atomic E-state index is 0.0704. The molecular weight excluding hydrogens is 346 g/mol. The highest BCUT2D eigenvalue weighted by molar-refractivity contribution is 7.89. The minimum atomic E-state index is -3.61. The Kier molecular flexibility index (Phi) is 6.50. The van der Waals surface area contributed by atoms with Crippen LogP contribution in [0.15, 0.2) is 29.4 Å². The predicted octanol–water partition coefficient (Wildman–Crippen LogP) is -0.225. The number of hydrogen-bond acceptors (Lipinski definition) is 6. The number of piperidine rings is 1. The van der Waals surface area contributed by atoms with Crippen LogP contribution in [0, 0.1) is 18.3 Å². The maximum Gasteiger partial charge on any atom is 0.309 e. The second-order valence-electron chi connectivity index (χ2n) is 5.46. The van der Waals surface area contributed by atoms with Crippen molar-refractivity contribution in [2.75, 3.05) is 26.2 Å².